The maximum atomic E-state index is 11.0. The number of benzene rings is 1. The van der Waals surface area contributed by atoms with Crippen molar-refractivity contribution in [2.75, 3.05) is 0 Å². The molecule has 0 aliphatic rings. The Kier molecular flexibility index (Phi) is 3.02. The van der Waals surface area contributed by atoms with Crippen LogP contribution in [-0.2, 0) is 16.0 Å². The Balaban J connectivity index is 2.91. The maximum absolute atomic E-state index is 11.0. The van der Waals surface area contributed by atoms with Gasteiger partial charge in [0.2, 0.25) is 5.78 Å². The third-order valence-electron chi connectivity index (χ3n) is 2.09. The average Bonchev–Trinajstić information content (AvgIpc) is 2.11. The van der Waals surface area contributed by atoms with E-state index in [-0.39, 0.29) is 6.42 Å². The van der Waals surface area contributed by atoms with Gasteiger partial charge in [-0.15, -0.1) is 0 Å². The fraction of sp³-hybridized carbons (Fsp3) is 0.273. The van der Waals surface area contributed by atoms with Crippen molar-refractivity contribution in [3.05, 3.63) is 34.9 Å². The summed E-state index contributed by atoms with van der Waals surface area (Å²) in [5.41, 5.74) is 2.77. The Morgan fingerprint density at radius 2 is 1.93 bits per heavy atom. The highest BCUT2D eigenvalue weighted by atomic mass is 16.4. The number of Topliss-reactive ketones (excluding diaryl/α,β-unsaturated/α-hetero) is 1. The van der Waals surface area contributed by atoms with Gasteiger partial charge >= 0.3 is 5.97 Å². The number of rotatable bonds is 3. The van der Waals surface area contributed by atoms with Gasteiger partial charge in [0.25, 0.3) is 0 Å². The molecule has 1 rings (SSSR count). The van der Waals surface area contributed by atoms with Gasteiger partial charge in [0.05, 0.1) is 0 Å². The minimum Gasteiger partial charge on any atom is -0.475 e. The molecule has 0 fully saturated rings. The van der Waals surface area contributed by atoms with Crippen LogP contribution in [0.15, 0.2) is 18.2 Å². The number of hydrogen-bond donors (Lipinski definition) is 1. The number of carbonyl (C=O) groups excluding carboxylic acids is 1. The van der Waals surface area contributed by atoms with Crippen LogP contribution in [0.4, 0.5) is 0 Å². The quantitative estimate of drug-likeness (QED) is 0.738. The van der Waals surface area contributed by atoms with Crippen molar-refractivity contribution in [1.29, 1.82) is 0 Å². The Morgan fingerprint density at radius 1 is 1.29 bits per heavy atom. The SMILES string of the molecule is Cc1ccc(C)c(CC(=O)C(=O)O)c1. The summed E-state index contributed by atoms with van der Waals surface area (Å²) in [5.74, 6) is -2.13. The molecule has 3 nitrogen and oxygen atoms in total. The zero-order valence-electron chi connectivity index (χ0n) is 8.20. The first kappa shape index (κ1) is 10.4. The van der Waals surface area contributed by atoms with Gasteiger partial charge < -0.3 is 5.11 Å². The molecule has 0 saturated carbocycles. The molecule has 14 heavy (non-hydrogen) atoms. The van der Waals surface area contributed by atoms with Crippen LogP contribution in [0, 0.1) is 13.8 Å². The molecule has 0 aromatic heterocycles. The minimum atomic E-state index is -1.37. The maximum Gasteiger partial charge on any atom is 0.372 e. The van der Waals surface area contributed by atoms with Crippen LogP contribution in [-0.4, -0.2) is 16.9 Å². The van der Waals surface area contributed by atoms with E-state index in [0.717, 1.165) is 16.7 Å². The predicted octanol–water partition coefficient (Wildman–Crippen LogP) is 1.50. The molecule has 0 amide bonds. The summed E-state index contributed by atoms with van der Waals surface area (Å²) in [6, 6.07) is 5.67. The molecule has 1 aromatic carbocycles. The van der Waals surface area contributed by atoms with Gasteiger partial charge in [0, 0.05) is 6.42 Å². The predicted molar refractivity (Wildman–Crippen MR) is 52.3 cm³/mol. The van der Waals surface area contributed by atoms with Crippen molar-refractivity contribution in [3.8, 4) is 0 Å². The highest BCUT2D eigenvalue weighted by molar-refractivity contribution is 6.33. The zero-order chi connectivity index (χ0) is 10.7. The largest absolute Gasteiger partial charge is 0.475 e. The molecule has 1 N–H and O–H groups in total. The topological polar surface area (TPSA) is 54.4 Å². The van der Waals surface area contributed by atoms with Gasteiger partial charge in [-0.1, -0.05) is 23.8 Å². The molecular weight excluding hydrogens is 180 g/mol. The van der Waals surface area contributed by atoms with Gasteiger partial charge in [0.1, 0.15) is 0 Å². The fourth-order valence-electron chi connectivity index (χ4n) is 1.24. The summed E-state index contributed by atoms with van der Waals surface area (Å²) in [5, 5.41) is 8.45. The van der Waals surface area contributed by atoms with E-state index >= 15 is 0 Å². The number of aryl methyl sites for hydroxylation is 2. The molecule has 0 heterocycles. The van der Waals surface area contributed by atoms with Crippen LogP contribution >= 0.6 is 0 Å². The zero-order valence-corrected chi connectivity index (χ0v) is 8.20. The normalized spacial score (nSPS) is 9.86. The number of aliphatic carboxylic acids is 1. The lowest BCUT2D eigenvalue weighted by molar-refractivity contribution is -0.148. The lowest BCUT2D eigenvalue weighted by atomic mass is 10.0. The summed E-state index contributed by atoms with van der Waals surface area (Å²) in [7, 11) is 0. The Morgan fingerprint density at radius 3 is 2.50 bits per heavy atom. The Labute approximate surface area is 82.4 Å². The summed E-state index contributed by atoms with van der Waals surface area (Å²) in [6.07, 6.45) is -0.0250. The third kappa shape index (κ3) is 2.42. The second-order valence-corrected chi connectivity index (χ2v) is 3.34. The van der Waals surface area contributed by atoms with Crippen LogP contribution in [0.1, 0.15) is 16.7 Å². The van der Waals surface area contributed by atoms with E-state index in [2.05, 4.69) is 0 Å². The van der Waals surface area contributed by atoms with E-state index < -0.39 is 11.8 Å². The van der Waals surface area contributed by atoms with Crippen LogP contribution in [0.3, 0.4) is 0 Å². The molecule has 0 atom stereocenters. The van der Waals surface area contributed by atoms with Gasteiger partial charge in [-0.2, -0.15) is 0 Å². The highest BCUT2D eigenvalue weighted by Crippen LogP contribution is 2.11. The van der Waals surface area contributed by atoms with Crippen molar-refractivity contribution < 1.29 is 14.7 Å². The number of hydrogen-bond acceptors (Lipinski definition) is 2. The first-order valence-corrected chi connectivity index (χ1v) is 4.33. The lowest BCUT2D eigenvalue weighted by Gasteiger charge is -2.04. The van der Waals surface area contributed by atoms with Crippen molar-refractivity contribution in [2.24, 2.45) is 0 Å². The number of ketones is 1. The van der Waals surface area contributed by atoms with Crippen LogP contribution in [0.2, 0.25) is 0 Å². The summed E-state index contributed by atoms with van der Waals surface area (Å²) in [6.45, 7) is 3.78. The monoisotopic (exact) mass is 192 g/mol. The van der Waals surface area contributed by atoms with Crippen molar-refractivity contribution in [3.63, 3.8) is 0 Å². The molecule has 0 bridgehead atoms. The first-order chi connectivity index (χ1) is 6.50. The molecular formula is C11H12O3. The minimum absolute atomic E-state index is 0.0250. The van der Waals surface area contributed by atoms with Crippen LogP contribution in [0.5, 0.6) is 0 Å². The number of carboxylic acid groups (broad SMARTS) is 1. The standard InChI is InChI=1S/C11H12O3/c1-7-3-4-8(2)9(5-7)6-10(12)11(13)14/h3-5H,6H2,1-2H3,(H,13,14). The number of carbonyl (C=O) groups is 2. The molecule has 0 saturated heterocycles. The Bertz CT molecular complexity index is 380. The van der Waals surface area contributed by atoms with E-state index in [1.165, 1.54) is 0 Å². The van der Waals surface area contributed by atoms with Gasteiger partial charge in [0.15, 0.2) is 0 Å². The Hall–Kier alpha value is -1.64. The van der Waals surface area contributed by atoms with E-state index in [9.17, 15) is 9.59 Å². The second-order valence-electron chi connectivity index (χ2n) is 3.34. The smallest absolute Gasteiger partial charge is 0.372 e. The molecule has 3 heteroatoms. The van der Waals surface area contributed by atoms with E-state index in [0.29, 0.717) is 0 Å². The molecule has 1 aromatic rings. The summed E-state index contributed by atoms with van der Waals surface area (Å²) < 4.78 is 0. The summed E-state index contributed by atoms with van der Waals surface area (Å²) >= 11 is 0. The van der Waals surface area contributed by atoms with Crippen molar-refractivity contribution in [1.82, 2.24) is 0 Å². The average molecular weight is 192 g/mol. The molecule has 0 aliphatic carbocycles. The van der Waals surface area contributed by atoms with E-state index in [1.807, 2.05) is 32.0 Å². The first-order valence-electron chi connectivity index (χ1n) is 4.33. The van der Waals surface area contributed by atoms with Crippen molar-refractivity contribution >= 4 is 11.8 Å². The molecule has 0 spiro atoms. The highest BCUT2D eigenvalue weighted by Gasteiger charge is 2.13. The van der Waals surface area contributed by atoms with E-state index in [4.69, 9.17) is 5.11 Å². The molecule has 0 aliphatic heterocycles. The third-order valence-corrected chi connectivity index (χ3v) is 2.09. The van der Waals surface area contributed by atoms with Crippen LogP contribution in [0.25, 0.3) is 0 Å². The second kappa shape index (κ2) is 4.05. The van der Waals surface area contributed by atoms with Crippen molar-refractivity contribution in [2.45, 2.75) is 20.3 Å². The number of carboxylic acids is 1. The van der Waals surface area contributed by atoms with Gasteiger partial charge in [-0.3, -0.25) is 4.79 Å². The fourth-order valence-corrected chi connectivity index (χ4v) is 1.24. The molecule has 0 unspecified atom stereocenters. The van der Waals surface area contributed by atoms with E-state index in [1.54, 1.807) is 0 Å². The van der Waals surface area contributed by atoms with Crippen LogP contribution < -0.4 is 0 Å². The molecule has 74 valence electrons. The molecule has 0 radical (unpaired) electrons. The lowest BCUT2D eigenvalue weighted by Crippen LogP contribution is -2.15. The van der Waals surface area contributed by atoms with Gasteiger partial charge in [-0.05, 0) is 25.0 Å². The van der Waals surface area contributed by atoms with Gasteiger partial charge in [-0.25, -0.2) is 4.79 Å². The summed E-state index contributed by atoms with van der Waals surface area (Å²) in [4.78, 5) is 21.3.